The maximum atomic E-state index is 13.5. The minimum absolute atomic E-state index is 0.0354. The number of benzene rings is 5. The Labute approximate surface area is 552 Å². The van der Waals surface area contributed by atoms with Gasteiger partial charge in [0.15, 0.2) is 26.7 Å². The van der Waals surface area contributed by atoms with Crippen LogP contribution in [0.3, 0.4) is 0 Å². The predicted octanol–water partition coefficient (Wildman–Crippen LogP) is 12.2. The molecule has 0 aliphatic carbocycles. The summed E-state index contributed by atoms with van der Waals surface area (Å²) in [6, 6.07) is 33.8. The third-order valence-corrected chi connectivity index (χ3v) is 18.5. The summed E-state index contributed by atoms with van der Waals surface area (Å²) < 4.78 is 71.0. The second-order valence-corrected chi connectivity index (χ2v) is 25.8. The van der Waals surface area contributed by atoms with E-state index in [2.05, 4.69) is 46.6 Å². The Morgan fingerprint density at radius 2 is 1.07 bits per heavy atom. The fourth-order valence-electron chi connectivity index (χ4n) is 9.06. The van der Waals surface area contributed by atoms with Crippen LogP contribution < -0.4 is 42.5 Å². The number of hydrogen-bond acceptors (Lipinski definition) is 24. The Balaban J connectivity index is 1.24. The van der Waals surface area contributed by atoms with Gasteiger partial charge in [-0.15, -0.1) is 43.1 Å². The largest absolute Gasteiger partial charge is 0.372 e. The van der Waals surface area contributed by atoms with Crippen LogP contribution in [0.15, 0.2) is 174 Å². The van der Waals surface area contributed by atoms with Gasteiger partial charge < -0.3 is 42.5 Å². The molecule has 0 atom stereocenters. The van der Waals surface area contributed by atoms with Crippen LogP contribution in [0.2, 0.25) is 0 Å². The van der Waals surface area contributed by atoms with E-state index in [-0.39, 0.29) is 66.6 Å². The molecule has 486 valence electrons. The fraction of sp³-hybridized carbons (Fsp3) is 0.177. The van der Waals surface area contributed by atoms with Crippen molar-refractivity contribution in [3.05, 3.63) is 165 Å². The summed E-state index contributed by atoms with van der Waals surface area (Å²) in [5.41, 5.74) is 13.3. The molecule has 0 spiro atoms. The van der Waals surface area contributed by atoms with Gasteiger partial charge in [0, 0.05) is 59.6 Å². The molecule has 4 amide bonds. The minimum atomic E-state index is -5.33. The van der Waals surface area contributed by atoms with Crippen LogP contribution >= 0.6 is 34.4 Å². The molecule has 32 heteroatoms. The molecule has 5 aromatic carbocycles. The number of Topliss-reactive ketones (excluding diaryl/α,β-unsaturated/α-hetero) is 2. The van der Waals surface area contributed by atoms with Gasteiger partial charge in [-0.3, -0.25) is 37.9 Å². The van der Waals surface area contributed by atoms with E-state index in [1.54, 1.807) is 103 Å². The Morgan fingerprint density at radius 3 is 1.53 bits per heavy atom. The highest BCUT2D eigenvalue weighted by Gasteiger charge is 2.32. The zero-order valence-corrected chi connectivity index (χ0v) is 55.1. The second kappa shape index (κ2) is 30.9. The molecule has 0 unspecified atom stereocenters. The topological polar surface area (TPSA) is 406 Å². The van der Waals surface area contributed by atoms with Gasteiger partial charge in [0.1, 0.15) is 16.3 Å². The summed E-state index contributed by atoms with van der Waals surface area (Å²) in [5.74, 6) is -5.35. The molecule has 3 heterocycles. The quantitative estimate of drug-likeness (QED) is 0.00539. The third-order valence-electron chi connectivity index (χ3n) is 13.6. The minimum Gasteiger partial charge on any atom is -0.372 e. The van der Waals surface area contributed by atoms with Crippen LogP contribution in [0.25, 0.3) is 12.2 Å². The Morgan fingerprint density at radius 1 is 0.574 bits per heavy atom. The standard InChI is InChI=1S/C62H61N15O12S5/c1-7-76(8-2)40-24-26-47(72-74-58-46(54(63)80)32-42(91-58)31-44(35(5)78)56(82)65-38-19-13-11-14-20-38)49(29-40)67-60-69-61(71-62(70-60)90-34-37-18-17-23-43(28-37)93(84,85)86)68-50-30-41(77(9-3)10-4)25-27-48(50)73-75-59-52(55(64)81)53(94(87,88)89)51(92-59)33-45(36(6)79)57(83)66-39-21-15-12-16-22-39/h11-33H,7-10,34H2,1-6H3,(H2,63,80)(H2,64,81)(H,65,82)(H,66,83)(H,84,85,86)(H,87,88,89)(H2,67,68,69,70,71). The number of hydrogen-bond donors (Lipinski definition) is 8. The molecule has 0 saturated heterocycles. The zero-order chi connectivity index (χ0) is 68.0. The molecule has 94 heavy (non-hydrogen) atoms. The number of ketones is 2. The van der Waals surface area contributed by atoms with Crippen LogP contribution in [-0.4, -0.2) is 102 Å². The van der Waals surface area contributed by atoms with Gasteiger partial charge in [0.05, 0.1) is 43.4 Å². The zero-order valence-electron chi connectivity index (χ0n) is 51.0. The van der Waals surface area contributed by atoms with Gasteiger partial charge in [-0.25, -0.2) is 0 Å². The number of carbonyl (C=O) groups excluding carboxylic acids is 6. The van der Waals surface area contributed by atoms with Gasteiger partial charge in [0.2, 0.25) is 11.9 Å². The molecule has 0 aliphatic heterocycles. The summed E-state index contributed by atoms with van der Waals surface area (Å²) in [6.07, 6.45) is 2.22. The van der Waals surface area contributed by atoms with Crippen molar-refractivity contribution in [3.8, 4) is 0 Å². The number of carbonyl (C=O) groups is 6. The molecule has 0 fully saturated rings. The van der Waals surface area contributed by atoms with Crippen molar-refractivity contribution in [2.75, 3.05) is 57.2 Å². The summed E-state index contributed by atoms with van der Waals surface area (Å²) >= 11 is 2.48. The van der Waals surface area contributed by atoms with E-state index < -0.39 is 81.3 Å². The lowest BCUT2D eigenvalue weighted by atomic mass is 10.1. The van der Waals surface area contributed by atoms with Gasteiger partial charge in [-0.1, -0.05) is 60.3 Å². The lowest BCUT2D eigenvalue weighted by Crippen LogP contribution is -2.21. The highest BCUT2D eigenvalue weighted by molar-refractivity contribution is 7.98. The van der Waals surface area contributed by atoms with Crippen molar-refractivity contribution < 1.29 is 54.7 Å². The molecule has 3 aromatic heterocycles. The number of primary amides is 2. The summed E-state index contributed by atoms with van der Waals surface area (Å²) in [5, 5.41) is 29.1. The molecule has 8 rings (SSSR count). The average Bonchev–Trinajstić information content (AvgIpc) is 1.60. The second-order valence-electron chi connectivity index (χ2n) is 20.0. The van der Waals surface area contributed by atoms with E-state index in [1.807, 2.05) is 32.6 Å². The highest BCUT2D eigenvalue weighted by atomic mass is 32.2. The van der Waals surface area contributed by atoms with Gasteiger partial charge >= 0.3 is 0 Å². The van der Waals surface area contributed by atoms with Crippen molar-refractivity contribution >= 4 is 169 Å². The smallest absolute Gasteiger partial charge is 0.296 e. The van der Waals surface area contributed by atoms with Gasteiger partial charge in [0.25, 0.3) is 43.9 Å². The maximum Gasteiger partial charge on any atom is 0.296 e. The van der Waals surface area contributed by atoms with E-state index in [1.165, 1.54) is 37.3 Å². The van der Waals surface area contributed by atoms with Crippen LogP contribution in [0.4, 0.5) is 67.4 Å². The van der Waals surface area contributed by atoms with Crippen LogP contribution in [0.1, 0.15) is 77.6 Å². The van der Waals surface area contributed by atoms with Gasteiger partial charge in [-0.05, 0) is 138 Å². The Kier molecular flexibility index (Phi) is 22.9. The normalized spacial score (nSPS) is 12.0. The van der Waals surface area contributed by atoms with Crippen molar-refractivity contribution in [2.24, 2.45) is 31.9 Å². The summed E-state index contributed by atoms with van der Waals surface area (Å²) in [7, 11) is -9.91. The molecular weight excluding hydrogens is 1310 g/mol. The summed E-state index contributed by atoms with van der Waals surface area (Å²) in [4.78, 5) is 95.5. The first-order valence-corrected chi connectivity index (χ1v) is 33.9. The van der Waals surface area contributed by atoms with Crippen LogP contribution in [-0.2, 0) is 45.2 Å². The number of nitrogens with zero attached hydrogens (tertiary/aromatic N) is 9. The van der Waals surface area contributed by atoms with Crippen LogP contribution in [0.5, 0.6) is 0 Å². The Hall–Kier alpha value is -10.2. The number of amides is 4. The number of thiophene rings is 2. The molecule has 0 radical (unpaired) electrons. The van der Waals surface area contributed by atoms with E-state index in [9.17, 15) is 54.7 Å². The number of azo groups is 2. The lowest BCUT2D eigenvalue weighted by molar-refractivity contribution is -0.120. The van der Waals surface area contributed by atoms with Crippen molar-refractivity contribution in [1.82, 2.24) is 15.0 Å². The number of rotatable bonds is 29. The molecule has 8 aromatic rings. The van der Waals surface area contributed by atoms with Crippen molar-refractivity contribution in [1.29, 1.82) is 0 Å². The number of anilines is 8. The number of aromatic nitrogens is 3. The van der Waals surface area contributed by atoms with E-state index in [4.69, 9.17) is 26.4 Å². The number of thioether (sulfide) groups is 1. The van der Waals surface area contributed by atoms with Crippen molar-refractivity contribution in [2.45, 2.75) is 62.2 Å². The SMILES string of the molecule is CCN(CC)c1ccc(N=Nc2sc(C=C(C(C)=O)C(=O)Nc3ccccc3)cc2C(N)=O)c(Nc2nc(Nc3cc(N(CC)CC)ccc3N=Nc3sc(C=C(C(C)=O)C(=O)Nc4ccccc4)c(S(=O)(=O)O)c3C(N)=O)nc(SCc3cccc(S(=O)(=O)O)c3)n2)c1. The first kappa shape index (κ1) is 69.7. The molecule has 27 nitrogen and oxygen atoms in total. The summed E-state index contributed by atoms with van der Waals surface area (Å²) in [6.45, 7) is 12.4. The lowest BCUT2D eigenvalue weighted by Gasteiger charge is -2.22. The average molecular weight is 1370 g/mol. The highest BCUT2D eigenvalue weighted by Crippen LogP contribution is 2.43. The Bertz CT molecular complexity index is 4590. The number of para-hydroxylation sites is 2. The van der Waals surface area contributed by atoms with E-state index >= 15 is 0 Å². The fourth-order valence-corrected chi connectivity index (χ4v) is 13.6. The maximum absolute atomic E-state index is 13.5. The molecule has 10 N–H and O–H groups in total. The van der Waals surface area contributed by atoms with Crippen molar-refractivity contribution in [3.63, 3.8) is 0 Å². The van der Waals surface area contributed by atoms with Gasteiger partial charge in [-0.2, -0.15) is 31.8 Å². The van der Waals surface area contributed by atoms with Crippen LogP contribution in [0, 0.1) is 0 Å². The third kappa shape index (κ3) is 17.9. The number of nitrogens with one attached hydrogen (secondary N) is 4. The predicted molar refractivity (Wildman–Crippen MR) is 364 cm³/mol. The van der Waals surface area contributed by atoms with E-state index in [0.717, 1.165) is 41.8 Å². The molecule has 0 saturated carbocycles. The first-order chi connectivity index (χ1) is 44.8. The molecule has 0 aliphatic rings. The van der Waals surface area contributed by atoms with E-state index in [0.29, 0.717) is 65.0 Å². The monoisotopic (exact) mass is 1370 g/mol. The molecule has 0 bridgehead atoms. The molecular formula is C62H61N15O12S5. The first-order valence-electron chi connectivity index (χ1n) is 28.4. The number of nitrogens with two attached hydrogens (primary N) is 2.